The lowest BCUT2D eigenvalue weighted by Gasteiger charge is -2.15. The number of carbonyl (C=O) groups is 2. The van der Waals surface area contributed by atoms with Crippen LogP contribution < -0.4 is 19.9 Å². The van der Waals surface area contributed by atoms with Crippen LogP contribution in [0.25, 0.3) is 0 Å². The van der Waals surface area contributed by atoms with Crippen LogP contribution in [0.2, 0.25) is 0 Å². The first-order chi connectivity index (χ1) is 12.1. The zero-order chi connectivity index (χ0) is 18.2. The molecule has 0 radical (unpaired) electrons. The number of amides is 2. The van der Waals surface area contributed by atoms with Gasteiger partial charge in [0.15, 0.2) is 0 Å². The highest BCUT2D eigenvalue weighted by Gasteiger charge is 2.41. The minimum Gasteiger partial charge on any atom is -0.494 e. The summed E-state index contributed by atoms with van der Waals surface area (Å²) >= 11 is 1.38. The summed E-state index contributed by atoms with van der Waals surface area (Å²) in [6.45, 7) is 8.19. The van der Waals surface area contributed by atoms with E-state index in [1.54, 1.807) is 24.3 Å². The molecule has 1 fully saturated rings. The number of amidine groups is 1. The van der Waals surface area contributed by atoms with Crippen LogP contribution >= 0.6 is 11.8 Å². The van der Waals surface area contributed by atoms with Crippen molar-refractivity contribution in [3.63, 3.8) is 0 Å². The molecule has 7 heteroatoms. The molecule has 136 valence electrons. The molecule has 1 aromatic carbocycles. The van der Waals surface area contributed by atoms with Crippen molar-refractivity contribution < 1.29 is 19.3 Å². The van der Waals surface area contributed by atoms with Gasteiger partial charge < -0.3 is 4.74 Å². The second-order valence-corrected chi connectivity index (χ2v) is 6.82. The third-order valence-corrected chi connectivity index (χ3v) is 4.78. The average molecular weight is 364 g/mol. The zero-order valence-corrected chi connectivity index (χ0v) is 15.8. The van der Waals surface area contributed by atoms with Gasteiger partial charge in [-0.1, -0.05) is 6.92 Å². The fourth-order valence-corrected chi connectivity index (χ4v) is 3.66. The molecule has 0 unspecified atom stereocenters. The summed E-state index contributed by atoms with van der Waals surface area (Å²) in [7, 11) is 0. The SMILES string of the molecule is CCCOc1ccc(N2C(=O)C[C@@H](SC(NCC)=[NH+]CC)C2=O)cc1. The summed E-state index contributed by atoms with van der Waals surface area (Å²) in [5.41, 5.74) is 0.593. The predicted molar refractivity (Wildman–Crippen MR) is 101 cm³/mol. The lowest BCUT2D eigenvalue weighted by Crippen LogP contribution is -2.74. The van der Waals surface area contributed by atoms with Gasteiger partial charge in [0.1, 0.15) is 11.0 Å². The van der Waals surface area contributed by atoms with Crippen LogP contribution in [0.15, 0.2) is 24.3 Å². The number of carbonyl (C=O) groups excluding carboxylic acids is 2. The fourth-order valence-electron chi connectivity index (χ4n) is 2.49. The second-order valence-electron chi connectivity index (χ2n) is 5.61. The number of rotatable bonds is 7. The molecule has 1 aliphatic heterocycles. The molecule has 1 saturated heterocycles. The summed E-state index contributed by atoms with van der Waals surface area (Å²) < 4.78 is 5.54. The first-order valence-corrected chi connectivity index (χ1v) is 9.59. The van der Waals surface area contributed by atoms with Crippen LogP contribution in [0.3, 0.4) is 0 Å². The molecule has 0 spiro atoms. The van der Waals surface area contributed by atoms with E-state index in [2.05, 4.69) is 10.3 Å². The van der Waals surface area contributed by atoms with Gasteiger partial charge in [0, 0.05) is 6.42 Å². The summed E-state index contributed by atoms with van der Waals surface area (Å²) in [5.74, 6) is 0.396. The Kier molecular flexibility index (Phi) is 7.31. The number of anilines is 1. The van der Waals surface area contributed by atoms with Crippen molar-refractivity contribution in [3.05, 3.63) is 24.3 Å². The molecule has 1 aromatic rings. The molecule has 1 aliphatic rings. The smallest absolute Gasteiger partial charge is 0.304 e. The van der Waals surface area contributed by atoms with E-state index in [-0.39, 0.29) is 18.2 Å². The van der Waals surface area contributed by atoms with Crippen LogP contribution in [0, 0.1) is 0 Å². The van der Waals surface area contributed by atoms with E-state index in [1.807, 2.05) is 20.8 Å². The van der Waals surface area contributed by atoms with Crippen molar-refractivity contribution in [1.82, 2.24) is 5.32 Å². The lowest BCUT2D eigenvalue weighted by molar-refractivity contribution is -0.451. The third-order valence-electron chi connectivity index (χ3n) is 3.61. The maximum absolute atomic E-state index is 12.7. The Morgan fingerprint density at radius 2 is 2.00 bits per heavy atom. The van der Waals surface area contributed by atoms with Gasteiger partial charge in [0.05, 0.1) is 25.4 Å². The summed E-state index contributed by atoms with van der Waals surface area (Å²) in [6.07, 6.45) is 1.14. The summed E-state index contributed by atoms with van der Waals surface area (Å²) in [6, 6.07) is 7.10. The van der Waals surface area contributed by atoms with E-state index in [0.29, 0.717) is 12.3 Å². The van der Waals surface area contributed by atoms with Crippen LogP contribution in [0.4, 0.5) is 5.69 Å². The predicted octanol–water partition coefficient (Wildman–Crippen LogP) is 0.907. The van der Waals surface area contributed by atoms with Crippen molar-refractivity contribution in [1.29, 1.82) is 0 Å². The number of thioether (sulfide) groups is 1. The number of nitrogens with zero attached hydrogens (tertiary/aromatic N) is 1. The standard InChI is InChI=1S/C18H25N3O3S/c1-4-11-24-14-9-7-13(8-10-14)21-16(22)12-15(17(21)23)25-18(19-5-2)20-6-3/h7-10,15H,4-6,11-12H2,1-3H3,(H,19,20)/p+1/t15-/m1/s1. The highest BCUT2D eigenvalue weighted by Crippen LogP contribution is 2.30. The zero-order valence-electron chi connectivity index (χ0n) is 15.0. The maximum atomic E-state index is 12.7. The molecular formula is C18H26N3O3S+. The molecule has 0 bridgehead atoms. The van der Waals surface area contributed by atoms with Crippen LogP contribution in [-0.2, 0) is 9.59 Å². The number of hydrogen-bond acceptors (Lipinski definition) is 4. The second kappa shape index (κ2) is 9.46. The van der Waals surface area contributed by atoms with Crippen molar-refractivity contribution in [2.45, 2.75) is 38.9 Å². The molecule has 0 aliphatic carbocycles. The van der Waals surface area contributed by atoms with E-state index in [1.165, 1.54) is 16.7 Å². The maximum Gasteiger partial charge on any atom is 0.304 e. The molecule has 1 heterocycles. The van der Waals surface area contributed by atoms with E-state index >= 15 is 0 Å². The molecule has 2 amide bonds. The molecule has 2 N–H and O–H groups in total. The summed E-state index contributed by atoms with van der Waals surface area (Å²) in [5, 5.41) is 3.63. The molecule has 6 nitrogen and oxygen atoms in total. The van der Waals surface area contributed by atoms with Crippen LogP contribution in [-0.4, -0.2) is 41.9 Å². The molecule has 0 saturated carbocycles. The molecular weight excluding hydrogens is 338 g/mol. The average Bonchev–Trinajstić information content (AvgIpc) is 2.88. The van der Waals surface area contributed by atoms with E-state index < -0.39 is 5.25 Å². The van der Waals surface area contributed by atoms with Gasteiger partial charge in [0.2, 0.25) is 11.8 Å². The Bertz CT molecular complexity index is 631. The van der Waals surface area contributed by atoms with E-state index in [4.69, 9.17) is 4.74 Å². The van der Waals surface area contributed by atoms with Crippen LogP contribution in [0.5, 0.6) is 5.75 Å². The number of imide groups is 1. The third kappa shape index (κ3) is 4.98. The van der Waals surface area contributed by atoms with Crippen molar-refractivity contribution >= 4 is 34.4 Å². The van der Waals surface area contributed by atoms with Crippen molar-refractivity contribution in [3.8, 4) is 5.75 Å². The van der Waals surface area contributed by atoms with Crippen LogP contribution in [0.1, 0.15) is 33.6 Å². The number of ether oxygens (including phenoxy) is 1. The number of hydrogen-bond donors (Lipinski definition) is 2. The Labute approximate surface area is 153 Å². The van der Waals surface area contributed by atoms with Gasteiger partial charge in [-0.2, -0.15) is 0 Å². The van der Waals surface area contributed by atoms with Gasteiger partial charge in [-0.25, -0.2) is 4.90 Å². The largest absolute Gasteiger partial charge is 0.494 e. The quantitative estimate of drug-likeness (QED) is 0.427. The van der Waals surface area contributed by atoms with Gasteiger partial charge in [0.25, 0.3) is 0 Å². The number of nitrogens with one attached hydrogen (secondary N) is 2. The minimum atomic E-state index is -0.406. The Balaban J connectivity index is 2.08. The molecule has 25 heavy (non-hydrogen) atoms. The van der Waals surface area contributed by atoms with Gasteiger partial charge in [-0.15, -0.1) is 0 Å². The highest BCUT2D eigenvalue weighted by molar-refractivity contribution is 8.14. The first-order valence-electron chi connectivity index (χ1n) is 8.71. The van der Waals surface area contributed by atoms with Gasteiger partial charge in [-0.05, 0) is 56.3 Å². The first kappa shape index (κ1) is 19.3. The summed E-state index contributed by atoms with van der Waals surface area (Å²) in [4.78, 5) is 29.5. The molecule has 2 rings (SSSR count). The molecule has 0 aromatic heterocycles. The molecule has 1 atom stereocenters. The Morgan fingerprint density at radius 1 is 1.28 bits per heavy atom. The van der Waals surface area contributed by atoms with Crippen molar-refractivity contribution in [2.75, 3.05) is 24.6 Å². The Hall–Kier alpha value is -2.02. The minimum absolute atomic E-state index is 0.169. The number of benzene rings is 1. The van der Waals surface area contributed by atoms with E-state index in [9.17, 15) is 9.59 Å². The Morgan fingerprint density at radius 3 is 2.60 bits per heavy atom. The normalized spacial score (nSPS) is 18.0. The van der Waals surface area contributed by atoms with Gasteiger partial charge in [-0.3, -0.25) is 19.9 Å². The van der Waals surface area contributed by atoms with Crippen molar-refractivity contribution in [2.24, 2.45) is 0 Å². The fraction of sp³-hybridized carbons (Fsp3) is 0.500. The lowest BCUT2D eigenvalue weighted by atomic mass is 10.3. The monoisotopic (exact) mass is 364 g/mol. The topological polar surface area (TPSA) is 72.6 Å². The van der Waals surface area contributed by atoms with E-state index in [0.717, 1.165) is 30.4 Å². The highest BCUT2D eigenvalue weighted by atomic mass is 32.2. The van der Waals surface area contributed by atoms with Gasteiger partial charge >= 0.3 is 5.17 Å².